The molecule has 8 nitrogen and oxygen atoms in total. The van der Waals surface area contributed by atoms with Gasteiger partial charge in [-0.15, -0.1) is 0 Å². The second-order valence-corrected chi connectivity index (χ2v) is 7.21. The van der Waals surface area contributed by atoms with E-state index >= 15 is 0 Å². The molecule has 0 unspecified atom stereocenters. The standard InChI is InChI=1S/C20H16ClN7O/c21-16-3-1-13(2-4-16)20-26-18(29-27-20)11-28-6-5-17-15(10-28)9-24-19(25-17)14-7-22-12-23-8-14/h1-4,7-9,12H,5-6,10-11H2. The topological polar surface area (TPSA) is 93.7 Å². The van der Waals surface area contributed by atoms with Crippen LogP contribution in [0.5, 0.6) is 0 Å². The van der Waals surface area contributed by atoms with Crippen LogP contribution in [-0.4, -0.2) is 41.5 Å². The van der Waals surface area contributed by atoms with Crippen molar-refractivity contribution >= 4 is 11.6 Å². The van der Waals surface area contributed by atoms with E-state index in [4.69, 9.17) is 21.1 Å². The van der Waals surface area contributed by atoms with Crippen molar-refractivity contribution in [1.29, 1.82) is 0 Å². The highest BCUT2D eigenvalue weighted by Gasteiger charge is 2.21. The van der Waals surface area contributed by atoms with Gasteiger partial charge in [0.2, 0.25) is 11.7 Å². The minimum absolute atomic E-state index is 0.562. The number of rotatable bonds is 4. The van der Waals surface area contributed by atoms with Crippen LogP contribution in [0.4, 0.5) is 0 Å². The Morgan fingerprint density at radius 1 is 0.966 bits per heavy atom. The Morgan fingerprint density at radius 2 is 1.79 bits per heavy atom. The molecule has 0 radical (unpaired) electrons. The van der Waals surface area contributed by atoms with E-state index in [9.17, 15) is 0 Å². The van der Waals surface area contributed by atoms with Gasteiger partial charge in [0.05, 0.1) is 17.8 Å². The fourth-order valence-corrected chi connectivity index (χ4v) is 3.42. The lowest BCUT2D eigenvalue weighted by Gasteiger charge is -2.26. The summed E-state index contributed by atoms with van der Waals surface area (Å²) in [5, 5.41) is 4.75. The zero-order valence-electron chi connectivity index (χ0n) is 15.4. The van der Waals surface area contributed by atoms with Gasteiger partial charge in [0.15, 0.2) is 5.82 Å². The smallest absolute Gasteiger partial charge is 0.241 e. The van der Waals surface area contributed by atoms with E-state index in [2.05, 4.69) is 30.0 Å². The van der Waals surface area contributed by atoms with Crippen molar-refractivity contribution in [2.75, 3.05) is 6.54 Å². The summed E-state index contributed by atoms with van der Waals surface area (Å²) in [6, 6.07) is 7.37. The van der Waals surface area contributed by atoms with Crippen LogP contribution >= 0.6 is 11.6 Å². The summed E-state index contributed by atoms with van der Waals surface area (Å²) < 4.78 is 5.44. The summed E-state index contributed by atoms with van der Waals surface area (Å²) in [6.45, 7) is 2.17. The third-order valence-electron chi connectivity index (χ3n) is 4.76. The number of benzene rings is 1. The second-order valence-electron chi connectivity index (χ2n) is 6.77. The van der Waals surface area contributed by atoms with Crippen LogP contribution in [0.15, 0.2) is 53.7 Å². The molecule has 5 rings (SSSR count). The van der Waals surface area contributed by atoms with Crippen molar-refractivity contribution in [3.05, 3.63) is 71.4 Å². The lowest BCUT2D eigenvalue weighted by molar-refractivity contribution is 0.209. The molecule has 1 aliphatic heterocycles. The molecule has 1 aliphatic rings. The van der Waals surface area contributed by atoms with Crippen molar-refractivity contribution in [3.63, 3.8) is 0 Å². The lowest BCUT2D eigenvalue weighted by Crippen LogP contribution is -2.31. The second kappa shape index (κ2) is 7.65. The molecule has 4 heterocycles. The van der Waals surface area contributed by atoms with E-state index in [1.807, 2.05) is 30.5 Å². The van der Waals surface area contributed by atoms with Gasteiger partial charge in [0.1, 0.15) is 6.33 Å². The fraction of sp³-hybridized carbons (Fsp3) is 0.200. The van der Waals surface area contributed by atoms with Gasteiger partial charge in [-0.2, -0.15) is 4.98 Å². The highest BCUT2D eigenvalue weighted by molar-refractivity contribution is 6.30. The zero-order valence-corrected chi connectivity index (χ0v) is 16.1. The maximum absolute atomic E-state index is 5.93. The molecular formula is C20H16ClN7O. The molecule has 0 N–H and O–H groups in total. The van der Waals surface area contributed by atoms with Crippen LogP contribution in [-0.2, 0) is 19.5 Å². The number of hydrogen-bond acceptors (Lipinski definition) is 8. The quantitative estimate of drug-likeness (QED) is 0.511. The Morgan fingerprint density at radius 3 is 2.62 bits per heavy atom. The predicted octanol–water partition coefficient (Wildman–Crippen LogP) is 3.20. The molecule has 29 heavy (non-hydrogen) atoms. The first-order valence-electron chi connectivity index (χ1n) is 9.16. The van der Waals surface area contributed by atoms with Crippen LogP contribution in [0, 0.1) is 0 Å². The Labute approximate surface area is 171 Å². The molecule has 0 atom stereocenters. The van der Waals surface area contributed by atoms with Gasteiger partial charge in [-0.1, -0.05) is 16.8 Å². The normalized spacial score (nSPS) is 14.0. The number of fused-ring (bicyclic) bond motifs is 1. The van der Waals surface area contributed by atoms with Gasteiger partial charge in [0.25, 0.3) is 0 Å². The average molecular weight is 406 g/mol. The van der Waals surface area contributed by atoms with E-state index in [1.54, 1.807) is 12.4 Å². The summed E-state index contributed by atoms with van der Waals surface area (Å²) in [4.78, 5) is 24.0. The minimum atomic E-state index is 0.562. The van der Waals surface area contributed by atoms with Crippen molar-refractivity contribution in [1.82, 2.24) is 35.0 Å². The monoisotopic (exact) mass is 405 g/mol. The average Bonchev–Trinajstić information content (AvgIpc) is 3.23. The Bertz CT molecular complexity index is 1130. The van der Waals surface area contributed by atoms with Crippen LogP contribution in [0.2, 0.25) is 5.02 Å². The van der Waals surface area contributed by atoms with Crippen molar-refractivity contribution in [3.8, 4) is 22.8 Å². The summed E-state index contributed by atoms with van der Waals surface area (Å²) in [5.41, 5.74) is 3.86. The van der Waals surface area contributed by atoms with Crippen LogP contribution < -0.4 is 0 Å². The maximum atomic E-state index is 5.93. The van der Waals surface area contributed by atoms with Crippen molar-refractivity contribution in [2.24, 2.45) is 0 Å². The van der Waals surface area contributed by atoms with E-state index < -0.39 is 0 Å². The molecular weight excluding hydrogens is 390 g/mol. The number of hydrogen-bond donors (Lipinski definition) is 0. The van der Waals surface area contributed by atoms with E-state index in [0.717, 1.165) is 41.9 Å². The number of nitrogens with zero attached hydrogens (tertiary/aromatic N) is 7. The summed E-state index contributed by atoms with van der Waals surface area (Å²) in [5.74, 6) is 1.80. The van der Waals surface area contributed by atoms with Gasteiger partial charge in [-0.05, 0) is 24.3 Å². The molecule has 0 amide bonds. The van der Waals surface area contributed by atoms with Crippen molar-refractivity contribution < 1.29 is 4.52 Å². The molecule has 0 saturated heterocycles. The minimum Gasteiger partial charge on any atom is -0.338 e. The van der Waals surface area contributed by atoms with Crippen LogP contribution in [0.1, 0.15) is 17.1 Å². The third kappa shape index (κ3) is 3.85. The van der Waals surface area contributed by atoms with Gasteiger partial charge in [0, 0.05) is 54.3 Å². The maximum Gasteiger partial charge on any atom is 0.241 e. The Balaban J connectivity index is 1.29. The fourth-order valence-electron chi connectivity index (χ4n) is 3.29. The van der Waals surface area contributed by atoms with Gasteiger partial charge >= 0.3 is 0 Å². The molecule has 9 heteroatoms. The lowest BCUT2D eigenvalue weighted by atomic mass is 10.1. The number of halogens is 1. The largest absolute Gasteiger partial charge is 0.338 e. The molecule has 0 saturated carbocycles. The first-order valence-corrected chi connectivity index (χ1v) is 9.53. The molecule has 144 valence electrons. The molecule has 0 bridgehead atoms. The summed E-state index contributed by atoms with van der Waals surface area (Å²) >= 11 is 5.93. The summed E-state index contributed by atoms with van der Waals surface area (Å²) in [6.07, 6.45) is 7.64. The Kier molecular flexibility index (Phi) is 4.71. The predicted molar refractivity (Wildman–Crippen MR) is 106 cm³/mol. The highest BCUT2D eigenvalue weighted by atomic mass is 35.5. The van der Waals surface area contributed by atoms with Crippen LogP contribution in [0.3, 0.4) is 0 Å². The zero-order chi connectivity index (χ0) is 19.6. The Hall–Kier alpha value is -3.23. The summed E-state index contributed by atoms with van der Waals surface area (Å²) in [7, 11) is 0. The SMILES string of the molecule is Clc1ccc(-c2noc(CN3CCc4nc(-c5cncnc5)ncc4C3)n2)cc1. The first-order chi connectivity index (χ1) is 14.2. The highest BCUT2D eigenvalue weighted by Crippen LogP contribution is 2.23. The van der Waals surface area contributed by atoms with Gasteiger partial charge in [-0.3, -0.25) is 4.90 Å². The molecule has 0 fully saturated rings. The molecule has 0 aliphatic carbocycles. The third-order valence-corrected chi connectivity index (χ3v) is 5.01. The van der Waals surface area contributed by atoms with Crippen LogP contribution in [0.25, 0.3) is 22.8 Å². The molecule has 1 aromatic carbocycles. The molecule has 4 aromatic rings. The van der Waals surface area contributed by atoms with E-state index in [0.29, 0.717) is 29.1 Å². The number of aromatic nitrogens is 6. The van der Waals surface area contributed by atoms with E-state index in [-0.39, 0.29) is 0 Å². The molecule has 0 spiro atoms. The van der Waals surface area contributed by atoms with Gasteiger partial charge in [-0.25, -0.2) is 19.9 Å². The van der Waals surface area contributed by atoms with E-state index in [1.165, 1.54) is 6.33 Å². The molecule has 3 aromatic heterocycles. The van der Waals surface area contributed by atoms with Gasteiger partial charge < -0.3 is 4.52 Å². The first kappa shape index (κ1) is 17.8. The van der Waals surface area contributed by atoms with Crippen molar-refractivity contribution in [2.45, 2.75) is 19.5 Å².